The van der Waals surface area contributed by atoms with Crippen molar-refractivity contribution in [2.24, 2.45) is 0 Å². The van der Waals surface area contributed by atoms with Crippen LogP contribution in [0.15, 0.2) is 29.6 Å². The zero-order chi connectivity index (χ0) is 23.0. The number of nitrogens with zero attached hydrogens (tertiary/aromatic N) is 3. The Morgan fingerprint density at radius 1 is 1.25 bits per heavy atom. The predicted molar refractivity (Wildman–Crippen MR) is 107 cm³/mol. The Morgan fingerprint density at radius 2 is 1.97 bits per heavy atom. The van der Waals surface area contributed by atoms with Gasteiger partial charge in [0.05, 0.1) is 30.4 Å². The van der Waals surface area contributed by atoms with E-state index in [0.717, 1.165) is 16.8 Å². The lowest BCUT2D eigenvalue weighted by atomic mass is 10.1. The summed E-state index contributed by atoms with van der Waals surface area (Å²) in [4.78, 5) is 44.4. The Kier molecular flexibility index (Phi) is 5.61. The molecular weight excluding hydrogens is 430 g/mol. The SMILES string of the molecule is O=C(O)c1cn(C(Cc2cnc[nH]2)C(=O)O)c2c(F)c(N3CCOCC3)c(F)cc2c1=O. The number of pyridine rings is 1. The van der Waals surface area contributed by atoms with Gasteiger partial charge in [-0.1, -0.05) is 0 Å². The highest BCUT2D eigenvalue weighted by Crippen LogP contribution is 2.32. The minimum Gasteiger partial charge on any atom is -0.480 e. The largest absolute Gasteiger partial charge is 0.480 e. The summed E-state index contributed by atoms with van der Waals surface area (Å²) in [6.07, 6.45) is 3.27. The predicted octanol–water partition coefficient (Wildman–Crippen LogP) is 1.41. The van der Waals surface area contributed by atoms with Crippen molar-refractivity contribution in [3.05, 3.63) is 57.9 Å². The molecule has 32 heavy (non-hydrogen) atoms. The number of imidazole rings is 1. The van der Waals surface area contributed by atoms with Crippen molar-refractivity contribution >= 4 is 28.5 Å². The monoisotopic (exact) mass is 448 g/mol. The number of nitrogens with one attached hydrogen (secondary N) is 1. The summed E-state index contributed by atoms with van der Waals surface area (Å²) in [5.41, 5.74) is -2.44. The number of aliphatic carboxylic acids is 1. The van der Waals surface area contributed by atoms with Crippen LogP contribution in [0.4, 0.5) is 14.5 Å². The van der Waals surface area contributed by atoms with Crippen molar-refractivity contribution in [2.45, 2.75) is 12.5 Å². The molecule has 3 heterocycles. The third kappa shape index (κ3) is 3.68. The van der Waals surface area contributed by atoms with E-state index in [0.29, 0.717) is 5.69 Å². The lowest BCUT2D eigenvalue weighted by Crippen LogP contribution is -2.37. The molecule has 1 aliphatic rings. The second-order valence-electron chi connectivity index (χ2n) is 7.24. The Hall–Kier alpha value is -3.80. The average Bonchev–Trinajstić information content (AvgIpc) is 3.26. The number of carboxylic acid groups (broad SMARTS) is 2. The molecule has 1 atom stereocenters. The summed E-state index contributed by atoms with van der Waals surface area (Å²) in [5, 5.41) is 18.7. The first-order valence-corrected chi connectivity index (χ1v) is 9.62. The zero-order valence-electron chi connectivity index (χ0n) is 16.5. The first kappa shape index (κ1) is 21.4. The molecule has 0 spiro atoms. The average molecular weight is 448 g/mol. The molecule has 0 radical (unpaired) electrons. The van der Waals surface area contributed by atoms with E-state index in [4.69, 9.17) is 4.74 Å². The number of benzene rings is 1. The highest BCUT2D eigenvalue weighted by atomic mass is 19.1. The van der Waals surface area contributed by atoms with Crippen LogP contribution >= 0.6 is 0 Å². The molecule has 1 unspecified atom stereocenters. The Bertz CT molecular complexity index is 1250. The van der Waals surface area contributed by atoms with Crippen molar-refractivity contribution in [1.82, 2.24) is 14.5 Å². The maximum Gasteiger partial charge on any atom is 0.341 e. The van der Waals surface area contributed by atoms with E-state index in [1.807, 2.05) is 0 Å². The van der Waals surface area contributed by atoms with Gasteiger partial charge in [0.2, 0.25) is 5.43 Å². The highest BCUT2D eigenvalue weighted by Gasteiger charge is 2.30. The Balaban J connectivity index is 2.02. The van der Waals surface area contributed by atoms with Crippen LogP contribution in [0, 0.1) is 11.6 Å². The molecule has 4 rings (SSSR count). The Labute approximate surface area is 178 Å². The number of hydrogen-bond acceptors (Lipinski definition) is 6. The Morgan fingerprint density at radius 3 is 2.56 bits per heavy atom. The van der Waals surface area contributed by atoms with Crippen molar-refractivity contribution in [2.75, 3.05) is 31.2 Å². The molecule has 1 aliphatic heterocycles. The highest BCUT2D eigenvalue weighted by molar-refractivity contribution is 5.94. The maximum atomic E-state index is 15.7. The fourth-order valence-corrected chi connectivity index (χ4v) is 3.82. The van der Waals surface area contributed by atoms with Gasteiger partial charge in [-0.2, -0.15) is 0 Å². The summed E-state index contributed by atoms with van der Waals surface area (Å²) in [5.74, 6) is -5.25. The molecule has 12 heteroatoms. The topological polar surface area (TPSA) is 138 Å². The van der Waals surface area contributed by atoms with Crippen LogP contribution in [-0.4, -0.2) is 63.0 Å². The van der Waals surface area contributed by atoms with Crippen LogP contribution in [0.1, 0.15) is 22.1 Å². The van der Waals surface area contributed by atoms with Crippen LogP contribution in [0.2, 0.25) is 0 Å². The first-order valence-electron chi connectivity index (χ1n) is 9.62. The lowest BCUT2D eigenvalue weighted by molar-refractivity contribution is -0.140. The molecular formula is C20H18F2N4O6. The van der Waals surface area contributed by atoms with Crippen molar-refractivity contribution in [3.8, 4) is 0 Å². The maximum absolute atomic E-state index is 15.7. The minimum absolute atomic E-state index is 0.188. The molecule has 0 bridgehead atoms. The number of aromatic carboxylic acids is 1. The standard InChI is InChI=1S/C20H18F2N4O6/c21-13-6-11-16(15(22)17(13)25-1-3-32-4-2-25)26(8-12(18(11)27)19(28)29)14(20(30)31)5-10-7-23-9-24-10/h6-9,14H,1-5H2,(H,23,24)(H,28,29)(H,30,31). The normalized spacial score (nSPS) is 15.1. The van der Waals surface area contributed by atoms with Gasteiger partial charge >= 0.3 is 11.9 Å². The summed E-state index contributed by atoms with van der Waals surface area (Å²) < 4.78 is 36.7. The zero-order valence-corrected chi connectivity index (χ0v) is 16.5. The molecule has 0 saturated carbocycles. The van der Waals surface area contributed by atoms with E-state index >= 15 is 4.39 Å². The number of aromatic amines is 1. The molecule has 168 valence electrons. The smallest absolute Gasteiger partial charge is 0.341 e. The molecule has 0 aliphatic carbocycles. The summed E-state index contributed by atoms with van der Waals surface area (Å²) >= 11 is 0. The molecule has 0 amide bonds. The number of halogens is 2. The van der Waals surface area contributed by atoms with Gasteiger partial charge in [-0.3, -0.25) is 4.79 Å². The first-order chi connectivity index (χ1) is 15.3. The minimum atomic E-state index is -1.64. The molecule has 1 fully saturated rings. The van der Waals surface area contributed by atoms with E-state index in [1.54, 1.807) is 0 Å². The van der Waals surface area contributed by atoms with Crippen LogP contribution < -0.4 is 10.3 Å². The van der Waals surface area contributed by atoms with Crippen LogP contribution in [0.25, 0.3) is 10.9 Å². The molecule has 3 N–H and O–H groups in total. The quantitative estimate of drug-likeness (QED) is 0.515. The van der Waals surface area contributed by atoms with Gasteiger partial charge in [-0.05, 0) is 6.07 Å². The third-order valence-electron chi connectivity index (χ3n) is 5.33. The fraction of sp³-hybridized carbons (Fsp3) is 0.300. The van der Waals surface area contributed by atoms with Gasteiger partial charge in [-0.25, -0.2) is 23.4 Å². The second kappa shape index (κ2) is 8.38. The number of rotatable bonds is 6. The van der Waals surface area contributed by atoms with Gasteiger partial charge in [0.1, 0.15) is 23.1 Å². The number of carbonyl (C=O) groups is 2. The van der Waals surface area contributed by atoms with Gasteiger partial charge in [0.25, 0.3) is 0 Å². The van der Waals surface area contributed by atoms with Gasteiger partial charge in [-0.15, -0.1) is 0 Å². The number of anilines is 1. The number of fused-ring (bicyclic) bond motifs is 1. The van der Waals surface area contributed by atoms with Crippen molar-refractivity contribution in [1.29, 1.82) is 0 Å². The molecule has 1 saturated heterocycles. The van der Waals surface area contributed by atoms with E-state index in [2.05, 4.69) is 9.97 Å². The van der Waals surface area contributed by atoms with E-state index < -0.39 is 57.2 Å². The lowest BCUT2D eigenvalue weighted by Gasteiger charge is -2.30. The van der Waals surface area contributed by atoms with Crippen molar-refractivity contribution in [3.63, 3.8) is 0 Å². The molecule has 1 aromatic carbocycles. The summed E-state index contributed by atoms with van der Waals surface area (Å²) in [6, 6.07) is -0.752. The number of H-pyrrole nitrogens is 1. The number of carboxylic acids is 2. The van der Waals surface area contributed by atoms with Crippen LogP contribution in [0.5, 0.6) is 0 Å². The van der Waals surface area contributed by atoms with Crippen LogP contribution in [-0.2, 0) is 16.0 Å². The van der Waals surface area contributed by atoms with E-state index in [9.17, 15) is 29.0 Å². The summed E-state index contributed by atoms with van der Waals surface area (Å²) in [7, 11) is 0. The molecule has 10 nitrogen and oxygen atoms in total. The van der Waals surface area contributed by atoms with E-state index in [-0.39, 0.29) is 32.7 Å². The van der Waals surface area contributed by atoms with Crippen LogP contribution in [0.3, 0.4) is 0 Å². The van der Waals surface area contributed by atoms with Gasteiger partial charge in [0, 0.05) is 37.6 Å². The number of hydrogen-bond donors (Lipinski definition) is 3. The third-order valence-corrected chi connectivity index (χ3v) is 5.33. The van der Waals surface area contributed by atoms with E-state index in [1.165, 1.54) is 17.4 Å². The van der Waals surface area contributed by atoms with Gasteiger partial charge < -0.3 is 29.4 Å². The number of ether oxygens (including phenoxy) is 1. The summed E-state index contributed by atoms with van der Waals surface area (Å²) in [6.45, 7) is 0.846. The number of morpholine rings is 1. The van der Waals surface area contributed by atoms with Gasteiger partial charge in [0.15, 0.2) is 5.82 Å². The fourth-order valence-electron chi connectivity index (χ4n) is 3.82. The second-order valence-corrected chi connectivity index (χ2v) is 7.24. The number of aromatic nitrogens is 3. The molecule has 2 aromatic heterocycles. The van der Waals surface area contributed by atoms with Crippen molar-refractivity contribution < 1.29 is 33.3 Å². The molecule has 3 aromatic rings.